The van der Waals surface area contributed by atoms with Crippen LogP contribution in [0.15, 0.2) is 61.3 Å². The van der Waals surface area contributed by atoms with Gasteiger partial charge in [-0.05, 0) is 31.0 Å². The van der Waals surface area contributed by atoms with Crippen LogP contribution in [0, 0.1) is 5.82 Å². The van der Waals surface area contributed by atoms with Gasteiger partial charge in [-0.15, -0.1) is 6.58 Å². The standard InChI is InChI=1S/C20H18ClFN2/c1-3-6-14-9-10-18(22)16(11-14)13(2)24-20-15-7-4-5-8-19(15)23-12-17(20)21/h3-5,7-13H,1,6H2,2H3,(H,23,24)/t13-/m1/s1. The molecule has 1 aromatic heterocycles. The van der Waals surface area contributed by atoms with Gasteiger partial charge < -0.3 is 5.32 Å². The predicted molar refractivity (Wildman–Crippen MR) is 99.1 cm³/mol. The summed E-state index contributed by atoms with van der Waals surface area (Å²) in [5.74, 6) is -0.239. The van der Waals surface area contributed by atoms with Crippen LogP contribution in [0.25, 0.3) is 10.9 Å². The van der Waals surface area contributed by atoms with E-state index in [9.17, 15) is 4.39 Å². The largest absolute Gasteiger partial charge is 0.377 e. The van der Waals surface area contributed by atoms with Crippen molar-refractivity contribution in [1.82, 2.24) is 4.98 Å². The van der Waals surface area contributed by atoms with Gasteiger partial charge in [0, 0.05) is 17.1 Å². The highest BCUT2D eigenvalue weighted by atomic mass is 35.5. The second-order valence-corrected chi connectivity index (χ2v) is 6.12. The van der Waals surface area contributed by atoms with Gasteiger partial charge in [-0.2, -0.15) is 0 Å². The molecule has 0 saturated carbocycles. The second kappa shape index (κ2) is 7.02. The molecule has 24 heavy (non-hydrogen) atoms. The average molecular weight is 341 g/mol. The van der Waals surface area contributed by atoms with E-state index >= 15 is 0 Å². The summed E-state index contributed by atoms with van der Waals surface area (Å²) >= 11 is 6.32. The molecule has 1 heterocycles. The highest BCUT2D eigenvalue weighted by Gasteiger charge is 2.15. The number of para-hydroxylation sites is 1. The van der Waals surface area contributed by atoms with Gasteiger partial charge in [0.15, 0.2) is 0 Å². The number of halogens is 2. The molecule has 0 bridgehead atoms. The highest BCUT2D eigenvalue weighted by molar-refractivity contribution is 6.34. The molecule has 2 nitrogen and oxygen atoms in total. The number of benzene rings is 2. The third-order valence-electron chi connectivity index (χ3n) is 4.00. The fourth-order valence-electron chi connectivity index (χ4n) is 2.78. The molecule has 0 aliphatic heterocycles. The van der Waals surface area contributed by atoms with Crippen LogP contribution in [-0.4, -0.2) is 4.98 Å². The molecular weight excluding hydrogens is 323 g/mol. The number of allylic oxidation sites excluding steroid dienone is 1. The summed E-state index contributed by atoms with van der Waals surface area (Å²) in [6.07, 6.45) is 4.13. The zero-order valence-electron chi connectivity index (χ0n) is 13.4. The Morgan fingerprint density at radius 3 is 2.88 bits per heavy atom. The van der Waals surface area contributed by atoms with Crippen LogP contribution in [0.3, 0.4) is 0 Å². The Morgan fingerprint density at radius 2 is 2.08 bits per heavy atom. The van der Waals surface area contributed by atoms with Gasteiger partial charge in [0.05, 0.1) is 22.3 Å². The van der Waals surface area contributed by atoms with Crippen LogP contribution in [0.5, 0.6) is 0 Å². The third-order valence-corrected chi connectivity index (χ3v) is 4.28. The number of rotatable bonds is 5. The van der Waals surface area contributed by atoms with Crippen molar-refractivity contribution in [2.24, 2.45) is 0 Å². The summed E-state index contributed by atoms with van der Waals surface area (Å²) in [6, 6.07) is 12.6. The minimum atomic E-state index is -0.239. The van der Waals surface area contributed by atoms with Crippen molar-refractivity contribution >= 4 is 28.2 Å². The molecule has 0 unspecified atom stereocenters. The van der Waals surface area contributed by atoms with Gasteiger partial charge in [0.1, 0.15) is 5.82 Å². The van der Waals surface area contributed by atoms with Crippen molar-refractivity contribution in [3.63, 3.8) is 0 Å². The van der Waals surface area contributed by atoms with E-state index in [-0.39, 0.29) is 11.9 Å². The molecule has 4 heteroatoms. The minimum Gasteiger partial charge on any atom is -0.377 e. The van der Waals surface area contributed by atoms with Gasteiger partial charge in [-0.1, -0.05) is 48.0 Å². The number of hydrogen-bond acceptors (Lipinski definition) is 2. The lowest BCUT2D eigenvalue weighted by molar-refractivity contribution is 0.599. The first-order valence-corrected chi connectivity index (χ1v) is 8.17. The quantitative estimate of drug-likeness (QED) is 0.582. The van der Waals surface area contributed by atoms with E-state index in [1.807, 2.05) is 43.3 Å². The number of pyridine rings is 1. The monoisotopic (exact) mass is 340 g/mol. The molecule has 2 aromatic carbocycles. The molecule has 122 valence electrons. The molecule has 0 saturated heterocycles. The maximum atomic E-state index is 14.3. The first-order valence-electron chi connectivity index (χ1n) is 7.79. The van der Waals surface area contributed by atoms with E-state index in [0.29, 0.717) is 17.0 Å². The summed E-state index contributed by atoms with van der Waals surface area (Å²) < 4.78 is 14.3. The first kappa shape index (κ1) is 16.5. The molecule has 1 atom stereocenters. The molecule has 3 aromatic rings. The van der Waals surface area contributed by atoms with Crippen molar-refractivity contribution in [2.75, 3.05) is 5.32 Å². The van der Waals surface area contributed by atoms with Crippen LogP contribution in [0.2, 0.25) is 5.02 Å². The summed E-state index contributed by atoms with van der Waals surface area (Å²) in [6.45, 7) is 5.65. The molecular formula is C20H18ClFN2. The predicted octanol–water partition coefficient (Wildman–Crippen LogP) is 5.93. The van der Waals surface area contributed by atoms with Crippen LogP contribution < -0.4 is 5.32 Å². The van der Waals surface area contributed by atoms with Gasteiger partial charge in [-0.25, -0.2) is 4.39 Å². The topological polar surface area (TPSA) is 24.9 Å². The van der Waals surface area contributed by atoms with Crippen molar-refractivity contribution in [1.29, 1.82) is 0 Å². The van der Waals surface area contributed by atoms with E-state index in [0.717, 1.165) is 22.2 Å². The van der Waals surface area contributed by atoms with Crippen LogP contribution in [0.1, 0.15) is 24.1 Å². The van der Waals surface area contributed by atoms with E-state index in [1.165, 1.54) is 6.07 Å². The first-order chi connectivity index (χ1) is 11.6. The molecule has 3 rings (SSSR count). The summed E-state index contributed by atoms with van der Waals surface area (Å²) in [5, 5.41) is 4.77. The molecule has 0 fully saturated rings. The number of aromatic nitrogens is 1. The fourth-order valence-corrected chi connectivity index (χ4v) is 2.98. The Labute approximate surface area is 146 Å². The van der Waals surface area contributed by atoms with E-state index < -0.39 is 0 Å². The van der Waals surface area contributed by atoms with Crippen molar-refractivity contribution < 1.29 is 4.39 Å². The van der Waals surface area contributed by atoms with Crippen LogP contribution in [-0.2, 0) is 6.42 Å². The zero-order chi connectivity index (χ0) is 17.1. The smallest absolute Gasteiger partial charge is 0.128 e. The number of anilines is 1. The summed E-state index contributed by atoms with van der Waals surface area (Å²) in [7, 11) is 0. The van der Waals surface area contributed by atoms with E-state index in [1.54, 1.807) is 12.3 Å². The number of nitrogens with one attached hydrogen (secondary N) is 1. The fraction of sp³-hybridized carbons (Fsp3) is 0.150. The Kier molecular flexibility index (Phi) is 4.81. The minimum absolute atomic E-state index is 0.238. The number of hydrogen-bond donors (Lipinski definition) is 1. The molecule has 0 spiro atoms. The summed E-state index contributed by atoms with van der Waals surface area (Å²) in [4.78, 5) is 4.32. The van der Waals surface area contributed by atoms with E-state index in [2.05, 4.69) is 16.9 Å². The maximum Gasteiger partial charge on any atom is 0.128 e. The maximum absolute atomic E-state index is 14.3. The SMILES string of the molecule is C=CCc1ccc(F)c([C@@H](C)Nc2c(Cl)cnc3ccccc23)c1. The Balaban J connectivity index is 1.98. The Hall–Kier alpha value is -2.39. The lowest BCUT2D eigenvalue weighted by Crippen LogP contribution is -2.10. The summed E-state index contributed by atoms with van der Waals surface area (Å²) in [5.41, 5.74) is 3.24. The number of nitrogens with zero attached hydrogens (tertiary/aromatic N) is 1. The average Bonchev–Trinajstić information content (AvgIpc) is 2.59. The lowest BCUT2D eigenvalue weighted by atomic mass is 10.0. The van der Waals surface area contributed by atoms with Gasteiger partial charge in [-0.3, -0.25) is 4.98 Å². The van der Waals surface area contributed by atoms with Crippen molar-refractivity contribution in [3.05, 3.63) is 83.3 Å². The van der Waals surface area contributed by atoms with Crippen molar-refractivity contribution in [3.8, 4) is 0 Å². The van der Waals surface area contributed by atoms with Gasteiger partial charge in [0.25, 0.3) is 0 Å². The Morgan fingerprint density at radius 1 is 1.29 bits per heavy atom. The van der Waals surface area contributed by atoms with E-state index in [4.69, 9.17) is 11.6 Å². The lowest BCUT2D eigenvalue weighted by Gasteiger charge is -2.19. The van der Waals surface area contributed by atoms with Gasteiger partial charge in [0.2, 0.25) is 0 Å². The normalized spacial score (nSPS) is 12.1. The van der Waals surface area contributed by atoms with Crippen LogP contribution in [0.4, 0.5) is 10.1 Å². The van der Waals surface area contributed by atoms with Crippen molar-refractivity contribution in [2.45, 2.75) is 19.4 Å². The van der Waals surface area contributed by atoms with Crippen LogP contribution >= 0.6 is 11.6 Å². The third kappa shape index (κ3) is 3.26. The highest BCUT2D eigenvalue weighted by Crippen LogP contribution is 2.33. The molecule has 0 amide bonds. The molecule has 0 aliphatic carbocycles. The molecule has 0 radical (unpaired) electrons. The van der Waals surface area contributed by atoms with Gasteiger partial charge >= 0.3 is 0 Å². The zero-order valence-corrected chi connectivity index (χ0v) is 14.1. The molecule has 1 N–H and O–H groups in total. The Bertz CT molecular complexity index is 892. The number of fused-ring (bicyclic) bond motifs is 1. The molecule has 0 aliphatic rings. The second-order valence-electron chi connectivity index (χ2n) is 5.71.